The lowest BCUT2D eigenvalue weighted by molar-refractivity contribution is -0.140. The number of pyridine rings is 1. The zero-order valence-electron chi connectivity index (χ0n) is 10.9. The van der Waals surface area contributed by atoms with Crippen molar-refractivity contribution in [1.82, 2.24) is 19.9 Å². The number of nitrogens with one attached hydrogen (secondary N) is 1. The molecule has 0 saturated carbocycles. The fourth-order valence-electron chi connectivity index (χ4n) is 1.55. The second-order valence-corrected chi connectivity index (χ2v) is 3.96. The molecule has 0 aliphatic carbocycles. The maximum Gasteiger partial charge on any atom is 0.307 e. The summed E-state index contributed by atoms with van der Waals surface area (Å²) in [6, 6.07) is 3.38. The highest BCUT2D eigenvalue weighted by Crippen LogP contribution is 2.05. The Hall–Kier alpha value is -2.70. The first-order valence-electron chi connectivity index (χ1n) is 6.00. The first kappa shape index (κ1) is 13.7. The Bertz CT molecular complexity index is 578. The van der Waals surface area contributed by atoms with Crippen LogP contribution in [0.3, 0.4) is 0 Å². The Labute approximate surface area is 115 Å². The smallest absolute Gasteiger partial charge is 0.307 e. The summed E-state index contributed by atoms with van der Waals surface area (Å²) in [5.74, 6) is 0.0334. The molecule has 1 N–H and O–H groups in total. The molecule has 0 aliphatic heterocycles. The molecular weight excluding hydrogens is 260 g/mol. The second kappa shape index (κ2) is 6.46. The molecule has 0 aromatic carbocycles. The Morgan fingerprint density at radius 3 is 2.85 bits per heavy atom. The summed E-state index contributed by atoms with van der Waals surface area (Å²) in [6.07, 6.45) is 6.65. The first-order valence-corrected chi connectivity index (χ1v) is 6.00. The minimum Gasteiger partial charge on any atom is -0.469 e. The zero-order chi connectivity index (χ0) is 14.4. The predicted octanol–water partition coefficient (Wildman–Crippen LogP) is 0.560. The lowest BCUT2D eigenvalue weighted by atomic mass is 10.2. The lowest BCUT2D eigenvalue weighted by Gasteiger charge is -2.05. The minimum absolute atomic E-state index is 0.142. The number of hydrogen-bond donors (Lipinski definition) is 1. The third-order valence-corrected chi connectivity index (χ3v) is 2.62. The molecule has 1 amide bonds. The molecule has 0 spiro atoms. The molecule has 2 aromatic rings. The van der Waals surface area contributed by atoms with E-state index in [0.717, 1.165) is 0 Å². The summed E-state index contributed by atoms with van der Waals surface area (Å²) < 4.78 is 6.22. The fourth-order valence-corrected chi connectivity index (χ4v) is 1.55. The number of esters is 1. The van der Waals surface area contributed by atoms with Crippen molar-refractivity contribution < 1.29 is 14.3 Å². The number of amides is 1. The number of aromatic nitrogens is 3. The van der Waals surface area contributed by atoms with Crippen LogP contribution in [0, 0.1) is 0 Å². The van der Waals surface area contributed by atoms with Crippen LogP contribution >= 0.6 is 0 Å². The van der Waals surface area contributed by atoms with Gasteiger partial charge in [0.05, 0.1) is 19.1 Å². The van der Waals surface area contributed by atoms with Gasteiger partial charge >= 0.3 is 5.97 Å². The number of carbonyl (C=O) groups excluding carboxylic acids is 2. The molecule has 7 nitrogen and oxygen atoms in total. The van der Waals surface area contributed by atoms with E-state index in [2.05, 4.69) is 20.0 Å². The van der Waals surface area contributed by atoms with E-state index in [1.807, 2.05) is 0 Å². The molecule has 0 saturated heterocycles. The van der Waals surface area contributed by atoms with Gasteiger partial charge in [0.2, 0.25) is 0 Å². The van der Waals surface area contributed by atoms with Crippen LogP contribution < -0.4 is 5.32 Å². The molecule has 20 heavy (non-hydrogen) atoms. The van der Waals surface area contributed by atoms with Crippen molar-refractivity contribution in [1.29, 1.82) is 0 Å². The van der Waals surface area contributed by atoms with E-state index in [4.69, 9.17) is 0 Å². The fraction of sp³-hybridized carbons (Fsp3) is 0.231. The summed E-state index contributed by atoms with van der Waals surface area (Å²) in [5.41, 5.74) is 0.429. The molecule has 2 rings (SSSR count). The normalized spacial score (nSPS) is 10.1. The third-order valence-electron chi connectivity index (χ3n) is 2.62. The number of ether oxygens (including phenoxy) is 1. The Morgan fingerprint density at radius 2 is 2.25 bits per heavy atom. The van der Waals surface area contributed by atoms with Gasteiger partial charge in [-0.25, -0.2) is 9.97 Å². The summed E-state index contributed by atoms with van der Waals surface area (Å²) in [7, 11) is 1.31. The van der Waals surface area contributed by atoms with Crippen molar-refractivity contribution in [2.24, 2.45) is 0 Å². The van der Waals surface area contributed by atoms with Crippen LogP contribution in [0.1, 0.15) is 16.8 Å². The van der Waals surface area contributed by atoms with Crippen LogP contribution in [-0.2, 0) is 9.53 Å². The molecule has 2 aromatic heterocycles. The van der Waals surface area contributed by atoms with Crippen molar-refractivity contribution in [3.63, 3.8) is 0 Å². The van der Waals surface area contributed by atoms with Gasteiger partial charge in [-0.1, -0.05) is 0 Å². The maximum absolute atomic E-state index is 11.8. The number of carbonyl (C=O) groups is 2. The Morgan fingerprint density at radius 1 is 1.40 bits per heavy atom. The van der Waals surface area contributed by atoms with Gasteiger partial charge in [-0.3, -0.25) is 14.2 Å². The SMILES string of the molecule is COC(=O)CCNC(=O)c1ccc(-n2ccnc2)nc1. The van der Waals surface area contributed by atoms with Crippen LogP contribution in [0.2, 0.25) is 0 Å². The van der Waals surface area contributed by atoms with E-state index in [1.165, 1.54) is 13.3 Å². The van der Waals surface area contributed by atoms with Crippen LogP contribution in [0.15, 0.2) is 37.1 Å². The van der Waals surface area contributed by atoms with E-state index >= 15 is 0 Å². The van der Waals surface area contributed by atoms with Gasteiger partial charge in [0.25, 0.3) is 5.91 Å². The van der Waals surface area contributed by atoms with E-state index in [9.17, 15) is 9.59 Å². The standard InChI is InChI=1S/C13H14N4O3/c1-20-12(18)4-5-15-13(19)10-2-3-11(16-8-10)17-7-6-14-9-17/h2-3,6-9H,4-5H2,1H3,(H,15,19). The largest absolute Gasteiger partial charge is 0.469 e. The molecule has 0 aliphatic rings. The molecule has 104 valence electrons. The predicted molar refractivity (Wildman–Crippen MR) is 70.3 cm³/mol. The van der Waals surface area contributed by atoms with Crippen LogP contribution in [0.25, 0.3) is 5.82 Å². The summed E-state index contributed by atoms with van der Waals surface area (Å²) >= 11 is 0. The van der Waals surface area contributed by atoms with Gasteiger partial charge in [0, 0.05) is 25.1 Å². The van der Waals surface area contributed by atoms with E-state index < -0.39 is 0 Å². The summed E-state index contributed by atoms with van der Waals surface area (Å²) in [4.78, 5) is 30.8. The Kier molecular flexibility index (Phi) is 4.43. The molecular formula is C13H14N4O3. The van der Waals surface area contributed by atoms with Gasteiger partial charge in [-0.05, 0) is 12.1 Å². The monoisotopic (exact) mass is 274 g/mol. The number of imidazole rings is 1. The van der Waals surface area contributed by atoms with Gasteiger partial charge in [-0.15, -0.1) is 0 Å². The highest BCUT2D eigenvalue weighted by Gasteiger charge is 2.07. The molecule has 0 unspecified atom stereocenters. The van der Waals surface area contributed by atoms with Crippen molar-refractivity contribution in [3.05, 3.63) is 42.6 Å². The van der Waals surface area contributed by atoms with E-state index in [1.54, 1.807) is 35.4 Å². The van der Waals surface area contributed by atoms with Gasteiger partial charge < -0.3 is 10.1 Å². The van der Waals surface area contributed by atoms with Crippen LogP contribution in [0.5, 0.6) is 0 Å². The number of methoxy groups -OCH3 is 1. The zero-order valence-corrected chi connectivity index (χ0v) is 10.9. The highest BCUT2D eigenvalue weighted by atomic mass is 16.5. The molecule has 0 atom stereocenters. The van der Waals surface area contributed by atoms with Crippen LogP contribution in [0.4, 0.5) is 0 Å². The van der Waals surface area contributed by atoms with Gasteiger partial charge in [0.1, 0.15) is 12.1 Å². The first-order chi connectivity index (χ1) is 9.70. The van der Waals surface area contributed by atoms with Crippen molar-refractivity contribution >= 4 is 11.9 Å². The molecule has 7 heteroatoms. The van der Waals surface area contributed by atoms with E-state index in [0.29, 0.717) is 11.4 Å². The lowest BCUT2D eigenvalue weighted by Crippen LogP contribution is -2.26. The van der Waals surface area contributed by atoms with Crippen LogP contribution in [-0.4, -0.2) is 40.1 Å². The quantitative estimate of drug-likeness (QED) is 0.805. The Balaban J connectivity index is 1.92. The molecule has 2 heterocycles. The second-order valence-electron chi connectivity index (χ2n) is 3.96. The number of nitrogens with zero attached hydrogens (tertiary/aromatic N) is 3. The third kappa shape index (κ3) is 3.41. The van der Waals surface area contributed by atoms with Gasteiger partial charge in [0.15, 0.2) is 0 Å². The molecule has 0 bridgehead atoms. The number of rotatable bonds is 5. The molecule has 0 fully saturated rings. The maximum atomic E-state index is 11.8. The molecule has 0 radical (unpaired) electrons. The number of hydrogen-bond acceptors (Lipinski definition) is 5. The van der Waals surface area contributed by atoms with Crippen molar-refractivity contribution in [3.8, 4) is 5.82 Å². The average molecular weight is 274 g/mol. The average Bonchev–Trinajstić information content (AvgIpc) is 3.01. The topological polar surface area (TPSA) is 86.1 Å². The van der Waals surface area contributed by atoms with E-state index in [-0.39, 0.29) is 24.8 Å². The van der Waals surface area contributed by atoms with Crippen molar-refractivity contribution in [2.45, 2.75) is 6.42 Å². The summed E-state index contributed by atoms with van der Waals surface area (Å²) in [5, 5.41) is 2.62. The minimum atomic E-state index is -0.362. The van der Waals surface area contributed by atoms with Gasteiger partial charge in [-0.2, -0.15) is 0 Å². The summed E-state index contributed by atoms with van der Waals surface area (Å²) in [6.45, 7) is 0.231. The highest BCUT2D eigenvalue weighted by molar-refractivity contribution is 5.94. The van der Waals surface area contributed by atoms with Crippen molar-refractivity contribution in [2.75, 3.05) is 13.7 Å².